The van der Waals surface area contributed by atoms with Crippen molar-refractivity contribution in [3.05, 3.63) is 64.1 Å². The molecule has 4 nitrogen and oxygen atoms in total. The van der Waals surface area contributed by atoms with Crippen LogP contribution in [0.2, 0.25) is 0 Å². The molecule has 6 heteroatoms. The monoisotopic (exact) mass is 376 g/mol. The minimum absolute atomic E-state index is 0.0366. The van der Waals surface area contributed by atoms with Crippen LogP contribution in [0.4, 0.5) is 5.69 Å². The Morgan fingerprint density at radius 1 is 1.23 bits per heavy atom. The number of thioether (sulfide) groups is 1. The molecule has 1 aliphatic heterocycles. The van der Waals surface area contributed by atoms with Crippen molar-refractivity contribution >= 4 is 45.3 Å². The van der Waals surface area contributed by atoms with Crippen molar-refractivity contribution in [1.82, 2.24) is 0 Å². The largest absolute Gasteiger partial charge is 0.545 e. The average Bonchev–Trinajstić information content (AvgIpc) is 2.89. The van der Waals surface area contributed by atoms with Gasteiger partial charge in [0.05, 0.1) is 11.7 Å². The zero-order valence-electron chi connectivity index (χ0n) is 11.4. The normalized spacial score (nSPS) is 17.8. The van der Waals surface area contributed by atoms with Crippen molar-refractivity contribution < 1.29 is 14.7 Å². The number of nitrogens with zero attached hydrogens (tertiary/aromatic N) is 1. The summed E-state index contributed by atoms with van der Waals surface area (Å²) < 4.78 is 0.938. The Kier molecular flexibility index (Phi) is 4.22. The molecule has 3 rings (SSSR count). The van der Waals surface area contributed by atoms with Crippen LogP contribution in [0.3, 0.4) is 0 Å². The van der Waals surface area contributed by atoms with Gasteiger partial charge in [-0.2, -0.15) is 0 Å². The third-order valence-electron chi connectivity index (χ3n) is 3.36. The Balaban J connectivity index is 2.01. The van der Waals surface area contributed by atoms with E-state index in [4.69, 9.17) is 0 Å². The third kappa shape index (κ3) is 2.89. The molecule has 0 aromatic heterocycles. The van der Waals surface area contributed by atoms with E-state index in [-0.39, 0.29) is 16.8 Å². The minimum Gasteiger partial charge on any atom is -0.545 e. The molecule has 0 bridgehead atoms. The highest BCUT2D eigenvalue weighted by Crippen LogP contribution is 2.42. The second-order valence-electron chi connectivity index (χ2n) is 4.82. The van der Waals surface area contributed by atoms with E-state index in [2.05, 4.69) is 15.9 Å². The fourth-order valence-electron chi connectivity index (χ4n) is 2.39. The second-order valence-corrected chi connectivity index (χ2v) is 6.80. The molecule has 1 amide bonds. The first-order valence-electron chi connectivity index (χ1n) is 6.57. The number of carbonyl (C=O) groups excluding carboxylic acids is 2. The van der Waals surface area contributed by atoms with Gasteiger partial charge in [-0.1, -0.05) is 40.2 Å². The summed E-state index contributed by atoms with van der Waals surface area (Å²) in [5.41, 5.74) is 1.63. The summed E-state index contributed by atoms with van der Waals surface area (Å²) in [6, 6.07) is 14.0. The van der Waals surface area contributed by atoms with Crippen LogP contribution in [0.15, 0.2) is 53.0 Å². The number of carbonyl (C=O) groups is 2. The number of amides is 1. The maximum absolute atomic E-state index is 12.3. The summed E-state index contributed by atoms with van der Waals surface area (Å²) in [7, 11) is 0. The molecule has 0 N–H and O–H groups in total. The maximum atomic E-state index is 12.3. The van der Waals surface area contributed by atoms with E-state index in [1.54, 1.807) is 17.0 Å². The van der Waals surface area contributed by atoms with Crippen molar-refractivity contribution in [2.45, 2.75) is 5.37 Å². The zero-order chi connectivity index (χ0) is 15.7. The van der Waals surface area contributed by atoms with Crippen molar-refractivity contribution in [2.75, 3.05) is 10.7 Å². The lowest BCUT2D eigenvalue weighted by Gasteiger charge is -2.25. The number of hydrogen-bond donors (Lipinski definition) is 0. The first-order valence-corrected chi connectivity index (χ1v) is 8.41. The van der Waals surface area contributed by atoms with Crippen LogP contribution in [0, 0.1) is 0 Å². The van der Waals surface area contributed by atoms with Gasteiger partial charge < -0.3 is 9.90 Å². The van der Waals surface area contributed by atoms with E-state index in [0.29, 0.717) is 11.4 Å². The molecular weight excluding hydrogens is 366 g/mol. The highest BCUT2D eigenvalue weighted by Gasteiger charge is 2.34. The molecule has 1 saturated heterocycles. The fraction of sp³-hybridized carbons (Fsp3) is 0.125. The summed E-state index contributed by atoms with van der Waals surface area (Å²) in [6.07, 6.45) is 0. The van der Waals surface area contributed by atoms with Gasteiger partial charge in [-0.25, -0.2) is 0 Å². The van der Waals surface area contributed by atoms with Crippen molar-refractivity contribution in [2.24, 2.45) is 0 Å². The highest BCUT2D eigenvalue weighted by molar-refractivity contribution is 9.10. The van der Waals surface area contributed by atoms with E-state index in [0.717, 1.165) is 10.0 Å². The van der Waals surface area contributed by atoms with Gasteiger partial charge in [0.25, 0.3) is 0 Å². The van der Waals surface area contributed by atoms with Gasteiger partial charge >= 0.3 is 0 Å². The SMILES string of the molecule is O=C([O-])c1cccc(N2C(=O)CSC2c2cccc(Br)c2)c1. The number of aromatic carboxylic acids is 1. The number of halogens is 1. The molecule has 1 heterocycles. The quantitative estimate of drug-likeness (QED) is 0.825. The minimum atomic E-state index is -1.25. The summed E-state index contributed by atoms with van der Waals surface area (Å²) in [5, 5.41) is 10.9. The van der Waals surface area contributed by atoms with Crippen LogP contribution in [-0.4, -0.2) is 17.6 Å². The van der Waals surface area contributed by atoms with E-state index in [1.165, 1.54) is 23.9 Å². The smallest absolute Gasteiger partial charge is 0.238 e. The molecule has 0 saturated carbocycles. The fourth-order valence-corrected chi connectivity index (χ4v) is 3.98. The molecule has 1 fully saturated rings. The predicted octanol–water partition coefficient (Wildman–Crippen LogP) is 2.59. The van der Waals surface area contributed by atoms with Gasteiger partial charge in [0, 0.05) is 10.2 Å². The Morgan fingerprint density at radius 2 is 2.00 bits per heavy atom. The van der Waals surface area contributed by atoms with E-state index < -0.39 is 5.97 Å². The van der Waals surface area contributed by atoms with E-state index in [9.17, 15) is 14.7 Å². The van der Waals surface area contributed by atoms with Crippen LogP contribution in [0.5, 0.6) is 0 Å². The van der Waals surface area contributed by atoms with Crippen LogP contribution < -0.4 is 10.0 Å². The Labute approximate surface area is 140 Å². The first kappa shape index (κ1) is 15.1. The number of rotatable bonds is 3. The summed E-state index contributed by atoms with van der Waals surface area (Å²) in [6.45, 7) is 0. The van der Waals surface area contributed by atoms with Crippen molar-refractivity contribution in [3.8, 4) is 0 Å². The Hall–Kier alpha value is -1.79. The second kappa shape index (κ2) is 6.14. The van der Waals surface area contributed by atoms with Crippen molar-refractivity contribution in [1.29, 1.82) is 0 Å². The highest BCUT2D eigenvalue weighted by atomic mass is 79.9. The molecular formula is C16H11BrNO3S-. The first-order chi connectivity index (χ1) is 10.6. The van der Waals surface area contributed by atoms with Crippen LogP contribution in [0.1, 0.15) is 21.3 Å². The lowest BCUT2D eigenvalue weighted by atomic mass is 10.1. The molecule has 0 radical (unpaired) electrons. The van der Waals surface area contributed by atoms with Gasteiger partial charge in [0.1, 0.15) is 5.37 Å². The zero-order valence-corrected chi connectivity index (χ0v) is 13.8. The molecule has 0 aliphatic carbocycles. The number of anilines is 1. The topological polar surface area (TPSA) is 60.4 Å². The number of carboxylic acids is 1. The third-order valence-corrected chi connectivity index (χ3v) is 5.07. The van der Waals surface area contributed by atoms with E-state index in [1.807, 2.05) is 24.3 Å². The Morgan fingerprint density at radius 3 is 2.73 bits per heavy atom. The van der Waals surface area contributed by atoms with Crippen LogP contribution in [0.25, 0.3) is 0 Å². The van der Waals surface area contributed by atoms with Gasteiger partial charge in [0.15, 0.2) is 0 Å². The van der Waals surface area contributed by atoms with E-state index >= 15 is 0 Å². The van der Waals surface area contributed by atoms with Gasteiger partial charge in [-0.05, 0) is 35.4 Å². The lowest BCUT2D eigenvalue weighted by molar-refractivity contribution is -0.255. The molecule has 2 aromatic carbocycles. The standard InChI is InChI=1S/C16H12BrNO3S/c17-12-5-1-3-10(7-12)15-18(14(19)9-22-15)13-6-2-4-11(8-13)16(20)21/h1-8,15H,9H2,(H,20,21)/p-1. The van der Waals surface area contributed by atoms with Gasteiger partial charge in [0.2, 0.25) is 5.91 Å². The molecule has 1 atom stereocenters. The lowest BCUT2D eigenvalue weighted by Crippen LogP contribution is -2.28. The maximum Gasteiger partial charge on any atom is 0.238 e. The Bertz CT molecular complexity index is 750. The van der Waals surface area contributed by atoms with Crippen LogP contribution >= 0.6 is 27.7 Å². The summed E-state index contributed by atoms with van der Waals surface area (Å²) >= 11 is 4.95. The molecule has 1 unspecified atom stereocenters. The summed E-state index contributed by atoms with van der Waals surface area (Å²) in [4.78, 5) is 24.9. The summed E-state index contributed by atoms with van der Waals surface area (Å²) in [5.74, 6) is -0.919. The number of hydrogen-bond acceptors (Lipinski definition) is 4. The average molecular weight is 377 g/mol. The van der Waals surface area contributed by atoms with Crippen molar-refractivity contribution in [3.63, 3.8) is 0 Å². The molecule has 0 spiro atoms. The number of carboxylic acid groups (broad SMARTS) is 1. The van der Waals surface area contributed by atoms with Gasteiger partial charge in [-0.3, -0.25) is 9.69 Å². The van der Waals surface area contributed by atoms with Gasteiger partial charge in [-0.15, -0.1) is 11.8 Å². The number of benzene rings is 2. The molecule has 1 aliphatic rings. The molecule has 22 heavy (non-hydrogen) atoms. The predicted molar refractivity (Wildman–Crippen MR) is 87.6 cm³/mol. The molecule has 2 aromatic rings. The van der Waals surface area contributed by atoms with Crippen LogP contribution in [-0.2, 0) is 4.79 Å². The molecule has 112 valence electrons.